The molecule has 3 N–H and O–H groups in total. The van der Waals surface area contributed by atoms with Crippen molar-refractivity contribution in [2.75, 3.05) is 5.32 Å². The monoisotopic (exact) mass is 317 g/mol. The molecule has 2 aromatic rings. The highest BCUT2D eigenvalue weighted by atomic mass is 35.5. The fourth-order valence-corrected chi connectivity index (χ4v) is 3.39. The summed E-state index contributed by atoms with van der Waals surface area (Å²) >= 11 is 2.57. The molecule has 0 unspecified atom stereocenters. The third-order valence-corrected chi connectivity index (χ3v) is 4.48. The molecule has 102 valence electrons. The highest BCUT2D eigenvalue weighted by Gasteiger charge is 2.21. The molecule has 2 aromatic heterocycles. The van der Waals surface area contributed by atoms with Gasteiger partial charge in [-0.05, 0) is 30.8 Å². The van der Waals surface area contributed by atoms with Crippen molar-refractivity contribution in [2.24, 2.45) is 5.73 Å². The Balaban J connectivity index is 0.00000133. The topological polar surface area (TPSA) is 93.8 Å². The second-order valence-corrected chi connectivity index (χ2v) is 6.00. The van der Waals surface area contributed by atoms with E-state index in [0.717, 1.165) is 36.5 Å². The van der Waals surface area contributed by atoms with Crippen LogP contribution in [0.5, 0.6) is 0 Å². The molecule has 0 saturated carbocycles. The number of amides is 1. The zero-order chi connectivity index (χ0) is 12.5. The van der Waals surface area contributed by atoms with Crippen LogP contribution in [0.2, 0.25) is 0 Å². The molecule has 0 aromatic carbocycles. The van der Waals surface area contributed by atoms with E-state index in [0.29, 0.717) is 10.0 Å². The molecular weight excluding hydrogens is 306 g/mol. The maximum absolute atomic E-state index is 11.8. The van der Waals surface area contributed by atoms with E-state index in [9.17, 15) is 4.79 Å². The molecule has 0 saturated heterocycles. The van der Waals surface area contributed by atoms with Crippen LogP contribution in [0, 0.1) is 0 Å². The molecule has 1 aliphatic carbocycles. The van der Waals surface area contributed by atoms with Crippen molar-refractivity contribution in [2.45, 2.75) is 25.3 Å². The molecule has 3 rings (SSSR count). The fourth-order valence-electron chi connectivity index (χ4n) is 1.88. The second-order valence-electron chi connectivity index (χ2n) is 4.13. The lowest BCUT2D eigenvalue weighted by atomic mass is 9.99. The van der Waals surface area contributed by atoms with Crippen LogP contribution in [0.25, 0.3) is 0 Å². The molecule has 9 heteroatoms. The number of hydrogen-bond acceptors (Lipinski definition) is 7. The van der Waals surface area contributed by atoms with Gasteiger partial charge in [-0.25, -0.2) is 4.98 Å². The minimum atomic E-state index is -0.208. The molecule has 19 heavy (non-hydrogen) atoms. The minimum Gasteiger partial charge on any atom is -0.327 e. The largest absolute Gasteiger partial charge is 0.327 e. The number of halogens is 1. The summed E-state index contributed by atoms with van der Waals surface area (Å²) < 4.78 is 3.66. The first-order valence-corrected chi connectivity index (χ1v) is 7.14. The van der Waals surface area contributed by atoms with Crippen molar-refractivity contribution in [3.63, 3.8) is 0 Å². The number of nitrogens with one attached hydrogen (secondary N) is 1. The summed E-state index contributed by atoms with van der Waals surface area (Å²) in [5.74, 6) is -0.208. The molecule has 0 bridgehead atoms. The maximum Gasteiger partial charge on any atom is 0.270 e. The average Bonchev–Trinajstić information content (AvgIpc) is 2.95. The van der Waals surface area contributed by atoms with Gasteiger partial charge in [-0.1, -0.05) is 4.49 Å². The van der Waals surface area contributed by atoms with Gasteiger partial charge in [0.25, 0.3) is 5.91 Å². The van der Waals surface area contributed by atoms with Crippen LogP contribution in [-0.4, -0.2) is 26.5 Å². The number of rotatable bonds is 2. The minimum absolute atomic E-state index is 0. The van der Waals surface area contributed by atoms with Gasteiger partial charge in [0.05, 0.1) is 11.9 Å². The first-order valence-electron chi connectivity index (χ1n) is 5.55. The van der Waals surface area contributed by atoms with Crippen molar-refractivity contribution in [1.82, 2.24) is 14.6 Å². The lowest BCUT2D eigenvalue weighted by Crippen LogP contribution is -2.26. The summed E-state index contributed by atoms with van der Waals surface area (Å²) in [7, 11) is 0. The first-order chi connectivity index (χ1) is 8.72. The predicted molar refractivity (Wildman–Crippen MR) is 77.2 cm³/mol. The first kappa shape index (κ1) is 14.3. The Labute approximate surface area is 124 Å². The molecule has 1 atom stereocenters. The van der Waals surface area contributed by atoms with Crippen molar-refractivity contribution < 1.29 is 4.79 Å². The van der Waals surface area contributed by atoms with Gasteiger partial charge in [-0.3, -0.25) is 10.1 Å². The van der Waals surface area contributed by atoms with E-state index in [1.807, 2.05) is 0 Å². The standard InChI is InChI=1S/C10H11N5OS2.ClH/c11-5-1-2-6-7(3-5)17-10(13-6)14-9(16)8-4-12-15-18-8;/h4-5H,1-3,11H2,(H,13,14,16);1H/t5-;/m0./s1. The summed E-state index contributed by atoms with van der Waals surface area (Å²) in [5, 5.41) is 7.04. The summed E-state index contributed by atoms with van der Waals surface area (Å²) in [6, 6.07) is 0.215. The number of aromatic nitrogens is 3. The van der Waals surface area contributed by atoms with E-state index in [-0.39, 0.29) is 24.4 Å². The van der Waals surface area contributed by atoms with E-state index in [1.165, 1.54) is 22.4 Å². The lowest BCUT2D eigenvalue weighted by Gasteiger charge is -2.15. The number of anilines is 1. The summed E-state index contributed by atoms with van der Waals surface area (Å²) in [5.41, 5.74) is 6.98. The molecule has 0 fully saturated rings. The van der Waals surface area contributed by atoms with Crippen LogP contribution in [0.4, 0.5) is 5.13 Å². The molecule has 0 spiro atoms. The van der Waals surface area contributed by atoms with Crippen LogP contribution >= 0.6 is 35.3 Å². The SMILES string of the molecule is Cl.N[C@H]1CCc2nc(NC(=O)c3cnns3)sc2C1. The van der Waals surface area contributed by atoms with E-state index in [4.69, 9.17) is 5.73 Å². The van der Waals surface area contributed by atoms with Gasteiger partial charge in [0, 0.05) is 10.9 Å². The van der Waals surface area contributed by atoms with Gasteiger partial charge in [0.1, 0.15) is 4.88 Å². The van der Waals surface area contributed by atoms with E-state index in [1.54, 1.807) is 0 Å². The van der Waals surface area contributed by atoms with Crippen LogP contribution < -0.4 is 11.1 Å². The van der Waals surface area contributed by atoms with Gasteiger partial charge in [-0.15, -0.1) is 28.8 Å². The Morgan fingerprint density at radius 2 is 2.37 bits per heavy atom. The molecule has 0 aliphatic heterocycles. The average molecular weight is 318 g/mol. The number of nitrogens with zero attached hydrogens (tertiary/aromatic N) is 3. The third kappa shape index (κ3) is 3.08. The highest BCUT2D eigenvalue weighted by molar-refractivity contribution is 7.16. The van der Waals surface area contributed by atoms with Gasteiger partial charge in [0.15, 0.2) is 5.13 Å². The van der Waals surface area contributed by atoms with Crippen LogP contribution in [0.3, 0.4) is 0 Å². The summed E-state index contributed by atoms with van der Waals surface area (Å²) in [6.07, 6.45) is 4.16. The third-order valence-electron chi connectivity index (χ3n) is 2.78. The Bertz CT molecular complexity index is 570. The van der Waals surface area contributed by atoms with Gasteiger partial charge in [-0.2, -0.15) is 0 Å². The van der Waals surface area contributed by atoms with E-state index >= 15 is 0 Å². The maximum atomic E-state index is 11.8. The smallest absolute Gasteiger partial charge is 0.270 e. The number of fused-ring (bicyclic) bond motifs is 1. The number of nitrogens with two attached hydrogens (primary N) is 1. The number of carbonyl (C=O) groups excluding carboxylic acids is 1. The number of aryl methyl sites for hydroxylation is 1. The lowest BCUT2D eigenvalue weighted by molar-refractivity contribution is 0.103. The van der Waals surface area contributed by atoms with Crippen LogP contribution in [-0.2, 0) is 12.8 Å². The quantitative estimate of drug-likeness (QED) is 0.875. The highest BCUT2D eigenvalue weighted by Crippen LogP contribution is 2.29. The van der Waals surface area contributed by atoms with E-state index in [2.05, 4.69) is 19.9 Å². The molecule has 1 amide bonds. The number of thiazole rings is 1. The predicted octanol–water partition coefficient (Wildman–Crippen LogP) is 1.48. The fraction of sp³-hybridized carbons (Fsp3) is 0.400. The second kappa shape index (κ2) is 5.91. The van der Waals surface area contributed by atoms with Gasteiger partial charge < -0.3 is 5.73 Å². The Kier molecular flexibility index (Phi) is 4.46. The molecule has 2 heterocycles. The molecule has 6 nitrogen and oxygen atoms in total. The number of carbonyl (C=O) groups is 1. The normalized spacial score (nSPS) is 17.4. The summed E-state index contributed by atoms with van der Waals surface area (Å²) in [4.78, 5) is 17.9. The van der Waals surface area contributed by atoms with Crippen LogP contribution in [0.15, 0.2) is 6.20 Å². The zero-order valence-corrected chi connectivity index (χ0v) is 12.3. The molecule has 1 aliphatic rings. The summed E-state index contributed by atoms with van der Waals surface area (Å²) in [6.45, 7) is 0. The van der Waals surface area contributed by atoms with Crippen molar-refractivity contribution in [3.05, 3.63) is 21.6 Å². The van der Waals surface area contributed by atoms with Crippen molar-refractivity contribution >= 4 is 46.3 Å². The number of hydrogen-bond donors (Lipinski definition) is 2. The Morgan fingerprint density at radius 1 is 1.53 bits per heavy atom. The van der Waals surface area contributed by atoms with Crippen molar-refractivity contribution in [1.29, 1.82) is 0 Å². The van der Waals surface area contributed by atoms with Gasteiger partial charge in [0.2, 0.25) is 0 Å². The zero-order valence-electron chi connectivity index (χ0n) is 9.83. The van der Waals surface area contributed by atoms with E-state index < -0.39 is 0 Å². The molecule has 0 radical (unpaired) electrons. The Hall–Kier alpha value is -1.09. The Morgan fingerprint density at radius 3 is 3.11 bits per heavy atom. The van der Waals surface area contributed by atoms with Crippen molar-refractivity contribution in [3.8, 4) is 0 Å². The molecular formula is C10H12ClN5OS2. The van der Waals surface area contributed by atoms with Gasteiger partial charge >= 0.3 is 0 Å². The van der Waals surface area contributed by atoms with Crippen LogP contribution in [0.1, 0.15) is 26.7 Å².